The molecule has 2 rings (SSSR count). The van der Waals surface area contributed by atoms with Crippen LogP contribution in [-0.2, 0) is 4.79 Å². The first-order valence-corrected chi connectivity index (χ1v) is 8.89. The van der Waals surface area contributed by atoms with Gasteiger partial charge in [-0.1, -0.05) is 0 Å². The van der Waals surface area contributed by atoms with E-state index < -0.39 is 5.91 Å². The molecular formula is C20H19BrN2O4. The van der Waals surface area contributed by atoms with E-state index in [1.54, 1.807) is 50.6 Å². The van der Waals surface area contributed by atoms with E-state index in [9.17, 15) is 10.1 Å². The Balaban J connectivity index is 2.28. The van der Waals surface area contributed by atoms with Crippen molar-refractivity contribution in [2.24, 2.45) is 0 Å². The highest BCUT2D eigenvalue weighted by molar-refractivity contribution is 9.10. The number of nitrogens with one attached hydrogen (secondary N) is 1. The summed E-state index contributed by atoms with van der Waals surface area (Å²) in [6, 6.07) is 12.2. The number of amides is 1. The Kier molecular flexibility index (Phi) is 7.26. The molecule has 0 aliphatic rings. The molecule has 0 saturated heterocycles. The molecule has 1 amide bonds. The van der Waals surface area contributed by atoms with Crippen molar-refractivity contribution in [3.05, 3.63) is 52.0 Å². The Morgan fingerprint density at radius 3 is 2.48 bits per heavy atom. The van der Waals surface area contributed by atoms with E-state index in [2.05, 4.69) is 21.2 Å². The third-order valence-corrected chi connectivity index (χ3v) is 4.15. The summed E-state index contributed by atoms with van der Waals surface area (Å²) in [5.41, 5.74) is 1.16. The van der Waals surface area contributed by atoms with Crippen molar-refractivity contribution in [2.45, 2.75) is 6.92 Å². The van der Waals surface area contributed by atoms with Crippen LogP contribution in [0.5, 0.6) is 17.2 Å². The van der Waals surface area contributed by atoms with Gasteiger partial charge in [0.15, 0.2) is 11.5 Å². The predicted octanol–water partition coefficient (Wildman–Crippen LogP) is 4.41. The standard InChI is InChI=1S/C20H19BrN2O4/c1-4-27-18-11-13(10-17(21)19(18)26-3)9-14(12-22)20(24)23-15-5-7-16(25-2)8-6-15/h5-11H,4H2,1-3H3,(H,23,24)/b14-9-. The molecule has 7 heteroatoms. The third-order valence-electron chi connectivity index (χ3n) is 3.56. The number of halogens is 1. The summed E-state index contributed by atoms with van der Waals surface area (Å²) in [7, 11) is 3.11. The topological polar surface area (TPSA) is 80.6 Å². The van der Waals surface area contributed by atoms with Crippen molar-refractivity contribution in [2.75, 3.05) is 26.1 Å². The predicted molar refractivity (Wildman–Crippen MR) is 107 cm³/mol. The van der Waals surface area contributed by atoms with Crippen molar-refractivity contribution in [3.8, 4) is 23.3 Å². The number of hydrogen-bond donors (Lipinski definition) is 1. The minimum Gasteiger partial charge on any atom is -0.497 e. The van der Waals surface area contributed by atoms with E-state index in [0.29, 0.717) is 39.6 Å². The summed E-state index contributed by atoms with van der Waals surface area (Å²) in [5.74, 6) is 1.24. The molecule has 0 aromatic heterocycles. The van der Waals surface area contributed by atoms with Gasteiger partial charge in [-0.3, -0.25) is 4.79 Å². The van der Waals surface area contributed by atoms with E-state index in [-0.39, 0.29) is 5.57 Å². The van der Waals surface area contributed by atoms with Gasteiger partial charge >= 0.3 is 0 Å². The molecule has 0 atom stereocenters. The quantitative estimate of drug-likeness (QED) is 0.519. The highest BCUT2D eigenvalue weighted by Crippen LogP contribution is 2.37. The Morgan fingerprint density at radius 2 is 1.93 bits per heavy atom. The molecule has 6 nitrogen and oxygen atoms in total. The SMILES string of the molecule is CCOc1cc(/C=C(/C#N)C(=O)Nc2ccc(OC)cc2)cc(Br)c1OC. The largest absolute Gasteiger partial charge is 0.497 e. The van der Waals surface area contributed by atoms with Crippen molar-refractivity contribution >= 4 is 33.6 Å². The number of carbonyl (C=O) groups excluding carboxylic acids is 1. The van der Waals surface area contributed by atoms with Crippen LogP contribution in [0, 0.1) is 11.3 Å². The van der Waals surface area contributed by atoms with Gasteiger partial charge < -0.3 is 19.5 Å². The lowest BCUT2D eigenvalue weighted by Crippen LogP contribution is -2.13. The molecule has 0 saturated carbocycles. The lowest BCUT2D eigenvalue weighted by molar-refractivity contribution is -0.112. The van der Waals surface area contributed by atoms with Gasteiger partial charge in [0.25, 0.3) is 5.91 Å². The van der Waals surface area contributed by atoms with Gasteiger partial charge in [-0.05, 0) is 70.9 Å². The third kappa shape index (κ3) is 5.25. The maximum Gasteiger partial charge on any atom is 0.266 e. The second kappa shape index (κ2) is 9.64. The lowest BCUT2D eigenvalue weighted by atomic mass is 10.1. The summed E-state index contributed by atoms with van der Waals surface area (Å²) >= 11 is 3.41. The van der Waals surface area contributed by atoms with Gasteiger partial charge in [-0.2, -0.15) is 5.26 Å². The van der Waals surface area contributed by atoms with Gasteiger partial charge in [0, 0.05) is 5.69 Å². The molecule has 0 aliphatic heterocycles. The molecule has 0 spiro atoms. The fourth-order valence-corrected chi connectivity index (χ4v) is 2.94. The zero-order valence-electron chi connectivity index (χ0n) is 15.2. The van der Waals surface area contributed by atoms with Crippen molar-refractivity contribution in [3.63, 3.8) is 0 Å². The number of anilines is 1. The Labute approximate surface area is 166 Å². The van der Waals surface area contributed by atoms with Crippen LogP contribution >= 0.6 is 15.9 Å². The first-order chi connectivity index (χ1) is 13.0. The van der Waals surface area contributed by atoms with Crippen LogP contribution in [0.15, 0.2) is 46.4 Å². The summed E-state index contributed by atoms with van der Waals surface area (Å²) in [5, 5.41) is 12.1. The van der Waals surface area contributed by atoms with Gasteiger partial charge in [0.1, 0.15) is 17.4 Å². The van der Waals surface area contributed by atoms with Crippen LogP contribution in [0.25, 0.3) is 6.08 Å². The number of ether oxygens (including phenoxy) is 3. The normalized spacial score (nSPS) is 10.7. The fourth-order valence-electron chi connectivity index (χ4n) is 2.32. The molecule has 0 unspecified atom stereocenters. The summed E-state index contributed by atoms with van der Waals surface area (Å²) in [6.07, 6.45) is 1.49. The van der Waals surface area contributed by atoms with E-state index in [1.807, 2.05) is 13.0 Å². The molecule has 140 valence electrons. The van der Waals surface area contributed by atoms with Gasteiger partial charge in [-0.15, -0.1) is 0 Å². The number of benzene rings is 2. The average molecular weight is 431 g/mol. The van der Waals surface area contributed by atoms with Crippen LogP contribution < -0.4 is 19.5 Å². The summed E-state index contributed by atoms with van der Waals surface area (Å²) in [6.45, 7) is 2.32. The smallest absolute Gasteiger partial charge is 0.266 e. The van der Waals surface area contributed by atoms with Crippen LogP contribution in [0.2, 0.25) is 0 Å². The van der Waals surface area contributed by atoms with Crippen LogP contribution in [-0.4, -0.2) is 26.7 Å². The number of rotatable bonds is 7. The zero-order valence-corrected chi connectivity index (χ0v) is 16.8. The van der Waals surface area contributed by atoms with E-state index in [0.717, 1.165) is 0 Å². The monoisotopic (exact) mass is 430 g/mol. The van der Waals surface area contributed by atoms with Crippen molar-refractivity contribution in [1.82, 2.24) is 0 Å². The number of nitriles is 1. The second-order valence-corrected chi connectivity index (χ2v) is 6.17. The average Bonchev–Trinajstić information content (AvgIpc) is 2.66. The lowest BCUT2D eigenvalue weighted by Gasteiger charge is -2.12. The van der Waals surface area contributed by atoms with Crippen LogP contribution in [0.3, 0.4) is 0 Å². The van der Waals surface area contributed by atoms with Gasteiger partial charge in [0.2, 0.25) is 0 Å². The first kappa shape index (κ1) is 20.3. The maximum absolute atomic E-state index is 12.4. The van der Waals surface area contributed by atoms with Crippen LogP contribution in [0.4, 0.5) is 5.69 Å². The second-order valence-electron chi connectivity index (χ2n) is 5.32. The molecule has 0 bridgehead atoms. The molecule has 0 heterocycles. The van der Waals surface area contributed by atoms with Crippen molar-refractivity contribution < 1.29 is 19.0 Å². The number of nitrogens with zero attached hydrogens (tertiary/aromatic N) is 1. The minimum atomic E-state index is -0.507. The Hall–Kier alpha value is -2.98. The molecule has 2 aromatic carbocycles. The Bertz CT molecular complexity index is 886. The molecule has 27 heavy (non-hydrogen) atoms. The van der Waals surface area contributed by atoms with E-state index >= 15 is 0 Å². The van der Waals surface area contributed by atoms with Gasteiger partial charge in [-0.25, -0.2) is 0 Å². The molecule has 2 aromatic rings. The highest BCUT2D eigenvalue weighted by Gasteiger charge is 2.13. The Morgan fingerprint density at radius 1 is 1.22 bits per heavy atom. The minimum absolute atomic E-state index is 0.0367. The first-order valence-electron chi connectivity index (χ1n) is 8.09. The van der Waals surface area contributed by atoms with E-state index in [1.165, 1.54) is 6.08 Å². The van der Waals surface area contributed by atoms with E-state index in [4.69, 9.17) is 14.2 Å². The summed E-state index contributed by atoms with van der Waals surface area (Å²) < 4.78 is 16.6. The van der Waals surface area contributed by atoms with Crippen LogP contribution in [0.1, 0.15) is 12.5 Å². The zero-order chi connectivity index (χ0) is 19.8. The highest BCUT2D eigenvalue weighted by atomic mass is 79.9. The number of methoxy groups -OCH3 is 2. The molecule has 0 radical (unpaired) electrons. The molecule has 1 N–H and O–H groups in total. The molecule has 0 aliphatic carbocycles. The fraction of sp³-hybridized carbons (Fsp3) is 0.200. The maximum atomic E-state index is 12.4. The molecular weight excluding hydrogens is 412 g/mol. The van der Waals surface area contributed by atoms with Gasteiger partial charge in [0.05, 0.1) is 25.3 Å². The summed E-state index contributed by atoms with van der Waals surface area (Å²) in [4.78, 5) is 12.4. The molecule has 0 fully saturated rings. The number of carbonyl (C=O) groups is 1. The number of hydrogen-bond acceptors (Lipinski definition) is 5. The van der Waals surface area contributed by atoms with Crippen molar-refractivity contribution in [1.29, 1.82) is 5.26 Å².